The molecule has 2 fully saturated rings. The Morgan fingerprint density at radius 1 is 1.42 bits per heavy atom. The third kappa shape index (κ3) is 1.54. The van der Waals surface area contributed by atoms with Crippen LogP contribution < -0.4 is 0 Å². The summed E-state index contributed by atoms with van der Waals surface area (Å²) < 4.78 is 0. The van der Waals surface area contributed by atoms with E-state index in [0.29, 0.717) is 5.41 Å². The zero-order chi connectivity index (χ0) is 8.44. The van der Waals surface area contributed by atoms with Crippen LogP contribution in [0.1, 0.15) is 32.1 Å². The molecule has 0 amide bonds. The lowest BCUT2D eigenvalue weighted by Crippen LogP contribution is -2.12. The molecular formula is C10H16OS. The van der Waals surface area contributed by atoms with E-state index >= 15 is 0 Å². The summed E-state index contributed by atoms with van der Waals surface area (Å²) in [6.45, 7) is 0. The third-order valence-corrected chi connectivity index (χ3v) is 4.47. The number of rotatable bonds is 3. The van der Waals surface area contributed by atoms with Crippen molar-refractivity contribution in [1.82, 2.24) is 0 Å². The average Bonchev–Trinajstić information content (AvgIpc) is 2.77. The first kappa shape index (κ1) is 8.61. The largest absolute Gasteiger partial charge is 0.303 e. The first-order valence-electron chi connectivity index (χ1n) is 4.89. The smallest absolute Gasteiger partial charge is 0.120 e. The highest BCUT2D eigenvalue weighted by molar-refractivity contribution is 7.99. The summed E-state index contributed by atoms with van der Waals surface area (Å²) >= 11 is 2.09. The fourth-order valence-corrected chi connectivity index (χ4v) is 3.81. The fraction of sp³-hybridized carbons (Fsp3) is 0.900. The normalized spacial score (nSPS) is 31.8. The Kier molecular flexibility index (Phi) is 2.44. The van der Waals surface area contributed by atoms with Crippen molar-refractivity contribution < 1.29 is 4.79 Å². The zero-order valence-electron chi connectivity index (χ0n) is 7.42. The molecule has 1 aliphatic carbocycles. The molecule has 0 radical (unpaired) electrons. The summed E-state index contributed by atoms with van der Waals surface area (Å²) in [6.07, 6.45) is 7.28. The molecule has 0 bridgehead atoms. The molecule has 2 aliphatic rings. The molecule has 1 unspecified atom stereocenters. The van der Waals surface area contributed by atoms with Crippen LogP contribution in [0.15, 0.2) is 0 Å². The van der Waals surface area contributed by atoms with E-state index in [9.17, 15) is 4.79 Å². The number of aldehydes is 1. The van der Waals surface area contributed by atoms with Gasteiger partial charge in [0.05, 0.1) is 0 Å². The van der Waals surface area contributed by atoms with Crippen molar-refractivity contribution in [2.45, 2.75) is 32.1 Å². The van der Waals surface area contributed by atoms with Gasteiger partial charge in [0.15, 0.2) is 0 Å². The van der Waals surface area contributed by atoms with E-state index in [-0.39, 0.29) is 0 Å². The second-order valence-electron chi connectivity index (χ2n) is 4.12. The third-order valence-electron chi connectivity index (χ3n) is 3.48. The highest BCUT2D eigenvalue weighted by atomic mass is 32.2. The van der Waals surface area contributed by atoms with Gasteiger partial charge in [0.1, 0.15) is 6.29 Å². The van der Waals surface area contributed by atoms with Gasteiger partial charge in [0.2, 0.25) is 0 Å². The molecular weight excluding hydrogens is 168 g/mol. The fourth-order valence-electron chi connectivity index (χ4n) is 2.50. The van der Waals surface area contributed by atoms with E-state index in [1.54, 1.807) is 0 Å². The van der Waals surface area contributed by atoms with Gasteiger partial charge in [-0.15, -0.1) is 0 Å². The predicted octanol–water partition coefficient (Wildman–Crippen LogP) is 2.50. The highest BCUT2D eigenvalue weighted by Crippen LogP contribution is 2.62. The quantitative estimate of drug-likeness (QED) is 0.627. The molecule has 0 aromatic carbocycles. The van der Waals surface area contributed by atoms with Crippen LogP contribution in [0, 0.1) is 11.3 Å². The van der Waals surface area contributed by atoms with Crippen LogP contribution in [0.2, 0.25) is 0 Å². The SMILES string of the molecule is O=CCCC1CC12CCSCC2. The van der Waals surface area contributed by atoms with Crippen molar-refractivity contribution in [3.05, 3.63) is 0 Å². The lowest BCUT2D eigenvalue weighted by molar-refractivity contribution is -0.108. The summed E-state index contributed by atoms with van der Waals surface area (Å²) in [4.78, 5) is 10.2. The van der Waals surface area contributed by atoms with Gasteiger partial charge in [-0.3, -0.25) is 0 Å². The molecule has 68 valence electrons. The van der Waals surface area contributed by atoms with Gasteiger partial charge < -0.3 is 4.79 Å². The van der Waals surface area contributed by atoms with Crippen molar-refractivity contribution >= 4 is 18.0 Å². The van der Waals surface area contributed by atoms with Gasteiger partial charge in [-0.1, -0.05) is 0 Å². The molecule has 2 heteroatoms. The Morgan fingerprint density at radius 2 is 2.17 bits per heavy atom. The summed E-state index contributed by atoms with van der Waals surface area (Å²) in [5, 5.41) is 0. The van der Waals surface area contributed by atoms with E-state index in [4.69, 9.17) is 0 Å². The maximum absolute atomic E-state index is 10.2. The van der Waals surface area contributed by atoms with Crippen molar-refractivity contribution in [2.75, 3.05) is 11.5 Å². The molecule has 0 aromatic heterocycles. The van der Waals surface area contributed by atoms with E-state index in [0.717, 1.165) is 25.0 Å². The van der Waals surface area contributed by atoms with Crippen LogP contribution >= 0.6 is 11.8 Å². The van der Waals surface area contributed by atoms with E-state index in [2.05, 4.69) is 11.8 Å². The second-order valence-corrected chi connectivity index (χ2v) is 5.34. The molecule has 1 saturated heterocycles. The predicted molar refractivity (Wildman–Crippen MR) is 52.4 cm³/mol. The lowest BCUT2D eigenvalue weighted by atomic mass is 9.95. The molecule has 12 heavy (non-hydrogen) atoms. The minimum absolute atomic E-state index is 0.717. The molecule has 0 aromatic rings. The number of hydrogen-bond donors (Lipinski definition) is 0. The number of carbonyl (C=O) groups excluding carboxylic acids is 1. The standard InChI is InChI=1S/C10H16OS/c11-5-1-2-9-8-10(9)3-6-12-7-4-10/h5,9H,1-4,6-8H2. The van der Waals surface area contributed by atoms with Gasteiger partial charge in [-0.05, 0) is 48.5 Å². The topological polar surface area (TPSA) is 17.1 Å². The minimum Gasteiger partial charge on any atom is -0.303 e. The van der Waals surface area contributed by atoms with Gasteiger partial charge in [-0.25, -0.2) is 0 Å². The zero-order valence-corrected chi connectivity index (χ0v) is 8.24. The van der Waals surface area contributed by atoms with Crippen LogP contribution in [0.5, 0.6) is 0 Å². The first-order valence-corrected chi connectivity index (χ1v) is 6.04. The number of hydrogen-bond acceptors (Lipinski definition) is 2. The maximum atomic E-state index is 10.2. The van der Waals surface area contributed by atoms with Gasteiger partial charge in [0, 0.05) is 6.42 Å². The maximum Gasteiger partial charge on any atom is 0.120 e. The Hall–Kier alpha value is 0.0200. The molecule has 1 saturated carbocycles. The first-order chi connectivity index (χ1) is 5.87. The molecule has 1 heterocycles. The summed E-state index contributed by atoms with van der Waals surface area (Å²) in [6, 6.07) is 0. The summed E-state index contributed by atoms with van der Waals surface area (Å²) in [5.41, 5.74) is 0.717. The van der Waals surface area contributed by atoms with Crippen molar-refractivity contribution in [1.29, 1.82) is 0 Å². The monoisotopic (exact) mass is 184 g/mol. The van der Waals surface area contributed by atoms with Crippen molar-refractivity contribution in [3.63, 3.8) is 0 Å². The molecule has 0 N–H and O–H groups in total. The minimum atomic E-state index is 0.717. The Balaban J connectivity index is 1.79. The molecule has 1 spiro atoms. The summed E-state index contributed by atoms with van der Waals surface area (Å²) in [5.74, 6) is 3.62. The van der Waals surface area contributed by atoms with Gasteiger partial charge in [-0.2, -0.15) is 11.8 Å². The second kappa shape index (κ2) is 3.41. The number of carbonyl (C=O) groups is 1. The van der Waals surface area contributed by atoms with E-state index in [1.807, 2.05) is 0 Å². The average molecular weight is 184 g/mol. The van der Waals surface area contributed by atoms with Crippen LogP contribution in [-0.4, -0.2) is 17.8 Å². The molecule has 2 rings (SSSR count). The lowest BCUT2D eigenvalue weighted by Gasteiger charge is -2.21. The summed E-state index contributed by atoms with van der Waals surface area (Å²) in [7, 11) is 0. The van der Waals surface area contributed by atoms with Crippen LogP contribution in [-0.2, 0) is 4.79 Å². The molecule has 1 aliphatic heterocycles. The molecule has 1 atom stereocenters. The van der Waals surface area contributed by atoms with E-state index < -0.39 is 0 Å². The van der Waals surface area contributed by atoms with Crippen LogP contribution in [0.3, 0.4) is 0 Å². The Morgan fingerprint density at radius 3 is 2.83 bits per heavy atom. The van der Waals surface area contributed by atoms with Crippen LogP contribution in [0.4, 0.5) is 0 Å². The van der Waals surface area contributed by atoms with Gasteiger partial charge >= 0.3 is 0 Å². The Labute approximate surface area is 78.3 Å². The van der Waals surface area contributed by atoms with Crippen LogP contribution in [0.25, 0.3) is 0 Å². The Bertz CT molecular complexity index is 173. The van der Waals surface area contributed by atoms with Crippen molar-refractivity contribution in [2.24, 2.45) is 11.3 Å². The van der Waals surface area contributed by atoms with E-state index in [1.165, 1.54) is 30.8 Å². The molecule has 1 nitrogen and oxygen atoms in total. The number of thioether (sulfide) groups is 1. The van der Waals surface area contributed by atoms with Gasteiger partial charge in [0.25, 0.3) is 0 Å². The highest BCUT2D eigenvalue weighted by Gasteiger charge is 2.52. The van der Waals surface area contributed by atoms with Crippen molar-refractivity contribution in [3.8, 4) is 0 Å².